The molecule has 0 spiro atoms. The zero-order chi connectivity index (χ0) is 16.1. The Morgan fingerprint density at radius 3 is 1.74 bits per heavy atom. The van der Waals surface area contributed by atoms with Crippen molar-refractivity contribution in [3.8, 4) is 11.1 Å². The molecule has 0 N–H and O–H groups in total. The Hall–Kier alpha value is -1.34. The average molecular weight is 467 g/mol. The standard InChI is InChI=1S/C13H9.C5H5.C2H4.2CH3.Hf/c1-3-7-12-10(5-1)9-11-6-2-4-8-13(11)12;1-2-4-5-3-1;1-2;;;/h1-9H;1-5H;1H,2H3;2*1H3;. The van der Waals surface area contributed by atoms with Crippen LogP contribution in [0.15, 0.2) is 72.8 Å². The molecule has 2 aliphatic carbocycles. The van der Waals surface area contributed by atoms with Crippen molar-refractivity contribution in [2.45, 2.75) is 23.6 Å². The first kappa shape index (κ1) is 15.2. The third-order valence-electron chi connectivity index (χ3n) is 6.45. The van der Waals surface area contributed by atoms with Crippen molar-refractivity contribution in [2.75, 3.05) is 0 Å². The molecule has 1 heteroatoms. The molecule has 0 aromatic heterocycles. The van der Waals surface area contributed by atoms with Crippen LogP contribution in [-0.4, -0.2) is 3.76 Å². The predicted octanol–water partition coefficient (Wildman–Crippen LogP) is 6.28. The summed E-state index contributed by atoms with van der Waals surface area (Å²) >= 11 is -3.36. The van der Waals surface area contributed by atoms with Gasteiger partial charge in [-0.25, -0.2) is 0 Å². The maximum atomic E-state index is 2.64. The summed E-state index contributed by atoms with van der Waals surface area (Å²) in [5.74, 6) is 0. The number of allylic oxidation sites excluding steroid dienone is 4. The summed E-state index contributed by atoms with van der Waals surface area (Å²) < 4.78 is 9.14. The number of hydrogen-bond acceptors (Lipinski definition) is 0. The molecule has 0 aliphatic heterocycles. The Kier molecular flexibility index (Phi) is 3.36. The van der Waals surface area contributed by atoms with Crippen LogP contribution in [0.3, 0.4) is 0 Å². The van der Waals surface area contributed by atoms with Crippen LogP contribution >= 0.6 is 0 Å². The van der Waals surface area contributed by atoms with E-state index in [1.165, 1.54) is 11.1 Å². The number of benzene rings is 2. The predicted molar refractivity (Wildman–Crippen MR) is 99.2 cm³/mol. The molecule has 0 unspecified atom stereocenters. The number of hydrogen-bond donors (Lipinski definition) is 0. The van der Waals surface area contributed by atoms with E-state index in [1.54, 1.807) is 11.1 Å². The van der Waals surface area contributed by atoms with E-state index in [0.717, 1.165) is 0 Å². The van der Waals surface area contributed by atoms with Gasteiger partial charge in [0.15, 0.2) is 0 Å². The molecule has 0 saturated heterocycles. The molecule has 0 nitrogen and oxygen atoms in total. The van der Waals surface area contributed by atoms with E-state index in [0.29, 0.717) is 7.35 Å². The summed E-state index contributed by atoms with van der Waals surface area (Å²) in [4.78, 5) is 0. The minimum absolute atomic E-state index is 0.585. The van der Waals surface area contributed by atoms with Crippen LogP contribution in [0.2, 0.25) is 13.0 Å². The van der Waals surface area contributed by atoms with E-state index in [2.05, 4.69) is 92.9 Å². The molecular weight excluding hydrogens is 443 g/mol. The molecule has 0 heterocycles. The molecule has 0 radical (unpaired) electrons. The van der Waals surface area contributed by atoms with E-state index < -0.39 is 18.0 Å². The van der Waals surface area contributed by atoms with Gasteiger partial charge < -0.3 is 0 Å². The molecule has 2 aromatic rings. The van der Waals surface area contributed by atoms with Crippen molar-refractivity contribution in [1.29, 1.82) is 0 Å². The maximum absolute atomic E-state index is 3.36. The number of rotatable bonds is 2. The summed E-state index contributed by atoms with van der Waals surface area (Å²) in [6, 6.07) is 18.1. The molecule has 0 saturated carbocycles. The first-order chi connectivity index (χ1) is 11.1. The van der Waals surface area contributed by atoms with E-state index in [9.17, 15) is 0 Å². The van der Waals surface area contributed by atoms with Crippen LogP contribution < -0.4 is 0 Å². The summed E-state index contributed by atoms with van der Waals surface area (Å²) in [7, 11) is 0. The normalized spacial score (nSPS) is 17.4. The molecule has 4 rings (SSSR count). The molecule has 23 heavy (non-hydrogen) atoms. The van der Waals surface area contributed by atoms with Gasteiger partial charge in [-0.15, -0.1) is 0 Å². The van der Waals surface area contributed by atoms with Crippen LogP contribution in [0.25, 0.3) is 11.1 Å². The van der Waals surface area contributed by atoms with Crippen LogP contribution in [0.5, 0.6) is 0 Å². The van der Waals surface area contributed by atoms with E-state index in [-0.39, 0.29) is 0 Å². The fourth-order valence-corrected chi connectivity index (χ4v) is 22.7. The third kappa shape index (κ3) is 2.02. The summed E-state index contributed by atoms with van der Waals surface area (Å²) in [5, 5.41) is 0. The second-order valence-electron chi connectivity index (χ2n) is 7.92. The topological polar surface area (TPSA) is 0 Å². The van der Waals surface area contributed by atoms with Crippen LogP contribution in [-0.2, 0) is 18.0 Å². The fraction of sp³-hybridized carbons (Fsp3) is 0.227. The fourth-order valence-electron chi connectivity index (χ4n) is 4.73. The van der Waals surface area contributed by atoms with Crippen LogP contribution in [0.1, 0.15) is 21.7 Å². The van der Waals surface area contributed by atoms with Crippen molar-refractivity contribution in [3.05, 3.63) is 84.0 Å². The third-order valence-corrected chi connectivity index (χ3v) is 30.7. The molecule has 0 bridgehead atoms. The van der Waals surface area contributed by atoms with Gasteiger partial charge in [0.25, 0.3) is 0 Å². The second kappa shape index (κ2) is 5.08. The van der Waals surface area contributed by atoms with E-state index in [4.69, 9.17) is 0 Å². The molecular formula is C22H24Hf. The first-order valence-electron chi connectivity index (χ1n) is 8.59. The minimum atomic E-state index is -3.36. The number of fused-ring (bicyclic) bond motifs is 3. The first-order valence-corrected chi connectivity index (χ1v) is 22.0. The second-order valence-corrected chi connectivity index (χ2v) is 34.1. The molecule has 0 atom stereocenters. The monoisotopic (exact) mass is 468 g/mol. The summed E-state index contributed by atoms with van der Waals surface area (Å²) in [6.45, 7) is 2.32. The van der Waals surface area contributed by atoms with Gasteiger partial charge in [-0.3, -0.25) is 0 Å². The summed E-state index contributed by atoms with van der Waals surface area (Å²) in [5.41, 5.74) is 6.02. The molecule has 2 aromatic carbocycles. The summed E-state index contributed by atoms with van der Waals surface area (Å²) in [6.07, 6.45) is 9.37. The Labute approximate surface area is 140 Å². The Balaban J connectivity index is 2.06. The van der Waals surface area contributed by atoms with Crippen molar-refractivity contribution >= 4 is 3.76 Å². The molecule has 0 fully saturated rings. The van der Waals surface area contributed by atoms with Crippen molar-refractivity contribution in [3.63, 3.8) is 0 Å². The SMILES string of the molecule is C[CH]=[Hf]([CH3])([CH3])([CH]1C=CC=C1)[CH]1c2ccccc2-c2ccccc21. The van der Waals surface area contributed by atoms with Gasteiger partial charge in [0.1, 0.15) is 0 Å². The van der Waals surface area contributed by atoms with Gasteiger partial charge in [-0.05, 0) is 0 Å². The van der Waals surface area contributed by atoms with Crippen molar-refractivity contribution in [2.24, 2.45) is 0 Å². The molecule has 0 amide bonds. The Bertz CT molecular complexity index is 848. The molecule has 116 valence electrons. The zero-order valence-electron chi connectivity index (χ0n) is 14.2. The van der Waals surface area contributed by atoms with Crippen LogP contribution in [0, 0.1) is 0 Å². The molecule has 2 aliphatic rings. The van der Waals surface area contributed by atoms with Gasteiger partial charge in [-0.1, -0.05) is 0 Å². The van der Waals surface area contributed by atoms with Gasteiger partial charge in [0, 0.05) is 0 Å². The van der Waals surface area contributed by atoms with Crippen molar-refractivity contribution < 1.29 is 18.0 Å². The quantitative estimate of drug-likeness (QED) is 0.457. The Morgan fingerprint density at radius 1 is 0.783 bits per heavy atom. The van der Waals surface area contributed by atoms with Gasteiger partial charge in [0.05, 0.1) is 0 Å². The van der Waals surface area contributed by atoms with Gasteiger partial charge in [-0.2, -0.15) is 0 Å². The van der Waals surface area contributed by atoms with E-state index in [1.807, 2.05) is 0 Å². The van der Waals surface area contributed by atoms with Gasteiger partial charge in [0.2, 0.25) is 0 Å². The Morgan fingerprint density at radius 2 is 1.26 bits per heavy atom. The van der Waals surface area contributed by atoms with Gasteiger partial charge >= 0.3 is 140 Å². The zero-order valence-corrected chi connectivity index (χ0v) is 17.8. The average Bonchev–Trinajstić information content (AvgIpc) is 3.22. The van der Waals surface area contributed by atoms with E-state index >= 15 is 0 Å². The van der Waals surface area contributed by atoms with Crippen molar-refractivity contribution in [1.82, 2.24) is 0 Å². The van der Waals surface area contributed by atoms with Crippen LogP contribution in [0.4, 0.5) is 0 Å².